The molecule has 0 aliphatic carbocycles. The molecule has 2 rings (SSSR count). The maximum Gasteiger partial charge on any atom is 0.0738 e. The minimum absolute atomic E-state index is 0.248. The molecule has 0 amide bonds. The zero-order valence-corrected chi connectivity index (χ0v) is 15.2. The molecule has 0 radical (unpaired) electrons. The van der Waals surface area contributed by atoms with Gasteiger partial charge >= 0.3 is 0 Å². The summed E-state index contributed by atoms with van der Waals surface area (Å²) in [5.41, 5.74) is 4.72. The first kappa shape index (κ1) is 16.5. The molecule has 1 aromatic carbocycles. The van der Waals surface area contributed by atoms with Crippen molar-refractivity contribution in [1.29, 1.82) is 0 Å². The van der Waals surface area contributed by atoms with E-state index in [-0.39, 0.29) is 6.04 Å². The fourth-order valence-corrected chi connectivity index (χ4v) is 3.39. The monoisotopic (exact) mass is 369 g/mol. The Bertz CT molecular complexity index is 637. The third-order valence-corrected chi connectivity index (χ3v) is 4.98. The molecule has 1 heterocycles. The summed E-state index contributed by atoms with van der Waals surface area (Å²) in [5, 5.41) is 8.82. The second-order valence-corrected chi connectivity index (χ2v) is 6.51. The van der Waals surface area contributed by atoms with Crippen LogP contribution in [0, 0.1) is 13.8 Å². The quantitative estimate of drug-likeness (QED) is 0.848. The van der Waals surface area contributed by atoms with E-state index < -0.39 is 0 Å². The van der Waals surface area contributed by atoms with Crippen molar-refractivity contribution in [3.63, 3.8) is 0 Å². The van der Waals surface area contributed by atoms with Crippen molar-refractivity contribution in [3.05, 3.63) is 50.2 Å². The van der Waals surface area contributed by atoms with Crippen molar-refractivity contribution < 1.29 is 0 Å². The minimum atomic E-state index is 0.248. The van der Waals surface area contributed by atoms with Crippen LogP contribution in [0.4, 0.5) is 0 Å². The molecular formula is C16H21BrClN3. The molecule has 3 nitrogen and oxygen atoms in total. The Morgan fingerprint density at radius 3 is 2.62 bits per heavy atom. The molecule has 0 saturated heterocycles. The lowest BCUT2D eigenvalue weighted by Gasteiger charge is -2.21. The Kier molecular flexibility index (Phi) is 5.47. The number of aryl methyl sites for hydroxylation is 3. The van der Waals surface area contributed by atoms with Crippen LogP contribution in [-0.2, 0) is 13.5 Å². The summed E-state index contributed by atoms with van der Waals surface area (Å²) in [6, 6.07) is 6.34. The van der Waals surface area contributed by atoms with Gasteiger partial charge in [0.05, 0.1) is 15.9 Å². The van der Waals surface area contributed by atoms with Gasteiger partial charge in [-0.1, -0.05) is 24.6 Å². The number of likely N-dealkylation sites (N-methyl/N-ethyl adjacent to an activating group) is 1. The van der Waals surface area contributed by atoms with Crippen LogP contribution in [0.1, 0.15) is 35.5 Å². The van der Waals surface area contributed by atoms with Crippen LogP contribution in [0.3, 0.4) is 0 Å². The van der Waals surface area contributed by atoms with Gasteiger partial charge in [-0.2, -0.15) is 5.10 Å². The highest BCUT2D eigenvalue weighted by Gasteiger charge is 2.19. The standard InChI is InChI=1S/C16H21BrClN3/c1-5-19-14(13-7-6-12(18)8-10(13)2)9-15-16(17)11(3)20-21(15)4/h6-8,14,19H,5,9H2,1-4H3. The minimum Gasteiger partial charge on any atom is -0.310 e. The predicted molar refractivity (Wildman–Crippen MR) is 92.0 cm³/mol. The Balaban J connectivity index is 2.35. The highest BCUT2D eigenvalue weighted by Crippen LogP contribution is 2.28. The number of hydrogen-bond donors (Lipinski definition) is 1. The second kappa shape index (κ2) is 6.95. The second-order valence-electron chi connectivity index (χ2n) is 5.28. The van der Waals surface area contributed by atoms with E-state index in [0.29, 0.717) is 0 Å². The summed E-state index contributed by atoms with van der Waals surface area (Å²) in [5.74, 6) is 0. The molecule has 114 valence electrons. The van der Waals surface area contributed by atoms with Crippen LogP contribution in [0.2, 0.25) is 5.02 Å². The third kappa shape index (κ3) is 3.68. The fraction of sp³-hybridized carbons (Fsp3) is 0.438. The van der Waals surface area contributed by atoms with E-state index in [9.17, 15) is 0 Å². The molecule has 0 saturated carbocycles. The normalized spacial score (nSPS) is 12.7. The van der Waals surface area contributed by atoms with E-state index in [1.807, 2.05) is 30.8 Å². The van der Waals surface area contributed by atoms with Gasteiger partial charge in [0.15, 0.2) is 0 Å². The lowest BCUT2D eigenvalue weighted by molar-refractivity contribution is 0.526. The molecule has 0 fully saturated rings. The van der Waals surface area contributed by atoms with Crippen molar-refractivity contribution in [3.8, 4) is 0 Å². The van der Waals surface area contributed by atoms with Gasteiger partial charge in [0.1, 0.15) is 0 Å². The SMILES string of the molecule is CCNC(Cc1c(Br)c(C)nn1C)c1ccc(Cl)cc1C. The smallest absolute Gasteiger partial charge is 0.0738 e. The van der Waals surface area contributed by atoms with Crippen LogP contribution in [-0.4, -0.2) is 16.3 Å². The Hall–Kier alpha value is -0.840. The average Bonchev–Trinajstić information content (AvgIpc) is 2.65. The topological polar surface area (TPSA) is 29.9 Å². The summed E-state index contributed by atoms with van der Waals surface area (Å²) in [4.78, 5) is 0. The molecule has 21 heavy (non-hydrogen) atoms. The molecule has 1 atom stereocenters. The van der Waals surface area contributed by atoms with Crippen LogP contribution in [0.25, 0.3) is 0 Å². The van der Waals surface area contributed by atoms with E-state index in [1.54, 1.807) is 0 Å². The molecule has 0 aliphatic heterocycles. The van der Waals surface area contributed by atoms with Crippen molar-refractivity contribution >= 4 is 27.5 Å². The molecule has 0 spiro atoms. The van der Waals surface area contributed by atoms with Gasteiger partial charge in [-0.3, -0.25) is 4.68 Å². The first-order valence-corrected chi connectivity index (χ1v) is 8.28. The van der Waals surface area contributed by atoms with Gasteiger partial charge in [0.25, 0.3) is 0 Å². The molecule has 1 N–H and O–H groups in total. The van der Waals surface area contributed by atoms with Crippen LogP contribution in [0.5, 0.6) is 0 Å². The van der Waals surface area contributed by atoms with Gasteiger partial charge in [0, 0.05) is 24.5 Å². The summed E-state index contributed by atoms with van der Waals surface area (Å²) in [6.07, 6.45) is 0.883. The van der Waals surface area contributed by atoms with Crippen molar-refractivity contribution in [2.45, 2.75) is 33.2 Å². The highest BCUT2D eigenvalue weighted by atomic mass is 79.9. The number of nitrogens with one attached hydrogen (secondary N) is 1. The lowest BCUT2D eigenvalue weighted by Crippen LogP contribution is -2.24. The summed E-state index contributed by atoms with van der Waals surface area (Å²) in [7, 11) is 1.99. The number of rotatable bonds is 5. The molecule has 5 heteroatoms. The van der Waals surface area contributed by atoms with Crippen LogP contribution in [0.15, 0.2) is 22.7 Å². The molecule has 1 unspecified atom stereocenters. The first-order valence-electron chi connectivity index (χ1n) is 7.11. The number of aromatic nitrogens is 2. The maximum atomic E-state index is 6.07. The van der Waals surface area contributed by atoms with E-state index >= 15 is 0 Å². The number of nitrogens with zero attached hydrogens (tertiary/aromatic N) is 2. The lowest BCUT2D eigenvalue weighted by atomic mass is 9.97. The Morgan fingerprint density at radius 1 is 1.38 bits per heavy atom. The summed E-state index contributed by atoms with van der Waals surface area (Å²) >= 11 is 9.72. The largest absolute Gasteiger partial charge is 0.310 e. The molecular weight excluding hydrogens is 350 g/mol. The number of benzene rings is 1. The molecule has 0 aliphatic rings. The number of halogens is 2. The van der Waals surface area contributed by atoms with Gasteiger partial charge in [-0.25, -0.2) is 0 Å². The predicted octanol–water partition coefficient (Wildman–Crippen LogP) is 4.35. The number of hydrogen-bond acceptors (Lipinski definition) is 2. The zero-order chi connectivity index (χ0) is 15.6. The highest BCUT2D eigenvalue weighted by molar-refractivity contribution is 9.10. The van der Waals surface area contributed by atoms with Crippen LogP contribution < -0.4 is 5.32 Å². The zero-order valence-electron chi connectivity index (χ0n) is 12.9. The molecule has 0 bridgehead atoms. The van der Waals surface area contributed by atoms with E-state index in [4.69, 9.17) is 11.6 Å². The van der Waals surface area contributed by atoms with Gasteiger partial charge in [0.2, 0.25) is 0 Å². The summed E-state index contributed by atoms with van der Waals surface area (Å²) < 4.78 is 3.05. The van der Waals surface area contributed by atoms with Crippen molar-refractivity contribution in [2.75, 3.05) is 6.54 Å². The van der Waals surface area contributed by atoms with E-state index in [2.05, 4.69) is 46.3 Å². The third-order valence-electron chi connectivity index (χ3n) is 3.72. The maximum absolute atomic E-state index is 6.07. The van der Waals surface area contributed by atoms with Crippen LogP contribution >= 0.6 is 27.5 Å². The van der Waals surface area contributed by atoms with Gasteiger partial charge in [-0.15, -0.1) is 0 Å². The van der Waals surface area contributed by atoms with Crippen molar-refractivity contribution in [2.24, 2.45) is 7.05 Å². The van der Waals surface area contributed by atoms with E-state index in [0.717, 1.165) is 28.2 Å². The summed E-state index contributed by atoms with van der Waals surface area (Å²) in [6.45, 7) is 7.17. The first-order chi connectivity index (χ1) is 9.93. The Labute approximate surface area is 139 Å². The average molecular weight is 371 g/mol. The fourth-order valence-electron chi connectivity index (χ4n) is 2.66. The van der Waals surface area contributed by atoms with Gasteiger partial charge in [-0.05, 0) is 59.6 Å². The Morgan fingerprint density at radius 2 is 2.10 bits per heavy atom. The molecule has 1 aromatic heterocycles. The van der Waals surface area contributed by atoms with Gasteiger partial charge < -0.3 is 5.32 Å². The van der Waals surface area contributed by atoms with Crippen molar-refractivity contribution in [1.82, 2.24) is 15.1 Å². The molecule has 2 aromatic rings. The van der Waals surface area contributed by atoms with E-state index in [1.165, 1.54) is 16.8 Å².